The fourth-order valence-corrected chi connectivity index (χ4v) is 3.05. The summed E-state index contributed by atoms with van der Waals surface area (Å²) in [5.41, 5.74) is 3.03. The van der Waals surface area contributed by atoms with Gasteiger partial charge >= 0.3 is 0 Å². The molecule has 0 saturated heterocycles. The number of nitrogens with zero attached hydrogens (tertiary/aromatic N) is 1. The van der Waals surface area contributed by atoms with Crippen molar-refractivity contribution in [3.8, 4) is 0 Å². The van der Waals surface area contributed by atoms with Crippen LogP contribution in [0.5, 0.6) is 0 Å². The van der Waals surface area contributed by atoms with E-state index in [9.17, 15) is 14.9 Å². The lowest BCUT2D eigenvalue weighted by Crippen LogP contribution is -2.36. The third-order valence-corrected chi connectivity index (χ3v) is 4.56. The van der Waals surface area contributed by atoms with Crippen molar-refractivity contribution in [3.05, 3.63) is 69.3 Å². The van der Waals surface area contributed by atoms with Gasteiger partial charge in [0, 0.05) is 6.07 Å². The number of rotatable bonds is 6. The molecular weight excluding hydrogens is 374 g/mol. The van der Waals surface area contributed by atoms with Gasteiger partial charge in [-0.25, -0.2) is 0 Å². The normalized spacial score (nSPS) is 11.8. The average molecular weight is 400 g/mol. The molecule has 0 fully saturated rings. The fraction of sp³-hybridized carbons (Fsp3) is 0.333. The summed E-state index contributed by atoms with van der Waals surface area (Å²) in [7, 11) is 0. The Morgan fingerprint density at radius 3 is 2.36 bits per heavy atom. The standard InChI is InChI=1S/C21H25N3O3S/c1-13(2)11-16-6-8-17(9-7-16)15(4)20(25)23-21(28)22-18-10-5-14(3)12-19(18)24(26)27/h5-10,12-13,15H,11H2,1-4H3,(H2,22,23,25,28). The molecule has 0 bridgehead atoms. The second kappa shape index (κ2) is 9.41. The van der Waals surface area contributed by atoms with E-state index in [4.69, 9.17) is 12.2 Å². The topological polar surface area (TPSA) is 84.3 Å². The highest BCUT2D eigenvalue weighted by atomic mass is 32.1. The van der Waals surface area contributed by atoms with E-state index >= 15 is 0 Å². The minimum absolute atomic E-state index is 0.0280. The summed E-state index contributed by atoms with van der Waals surface area (Å²) >= 11 is 5.16. The summed E-state index contributed by atoms with van der Waals surface area (Å²) in [6.45, 7) is 7.89. The van der Waals surface area contributed by atoms with Crippen molar-refractivity contribution in [2.75, 3.05) is 5.32 Å². The smallest absolute Gasteiger partial charge is 0.292 e. The van der Waals surface area contributed by atoms with Crippen LogP contribution >= 0.6 is 12.2 Å². The molecule has 2 aromatic carbocycles. The quantitative estimate of drug-likeness (QED) is 0.417. The van der Waals surface area contributed by atoms with Gasteiger partial charge in [-0.05, 0) is 61.2 Å². The Hall–Kier alpha value is -2.80. The molecule has 1 unspecified atom stereocenters. The third-order valence-electron chi connectivity index (χ3n) is 4.35. The van der Waals surface area contributed by atoms with Crippen molar-refractivity contribution in [3.63, 3.8) is 0 Å². The fourth-order valence-electron chi connectivity index (χ4n) is 2.84. The lowest BCUT2D eigenvalue weighted by molar-refractivity contribution is -0.383. The first-order valence-corrected chi connectivity index (χ1v) is 9.54. The van der Waals surface area contributed by atoms with E-state index in [1.54, 1.807) is 26.0 Å². The molecule has 0 saturated carbocycles. The number of thiocarbonyl (C=S) groups is 1. The van der Waals surface area contributed by atoms with Crippen LogP contribution < -0.4 is 10.6 Å². The monoisotopic (exact) mass is 399 g/mol. The number of nitro groups is 1. The number of hydrogen-bond acceptors (Lipinski definition) is 4. The van der Waals surface area contributed by atoms with E-state index in [-0.39, 0.29) is 22.4 Å². The van der Waals surface area contributed by atoms with Gasteiger partial charge in [0.15, 0.2) is 5.11 Å². The van der Waals surface area contributed by atoms with Crippen LogP contribution in [0.4, 0.5) is 11.4 Å². The predicted molar refractivity (Wildman–Crippen MR) is 116 cm³/mol. The number of nitro benzene ring substituents is 1. The maximum absolute atomic E-state index is 12.5. The Bertz CT molecular complexity index is 879. The predicted octanol–water partition coefficient (Wildman–Crippen LogP) is 4.72. The van der Waals surface area contributed by atoms with Gasteiger partial charge in [-0.1, -0.05) is 44.2 Å². The molecule has 1 atom stereocenters. The molecular formula is C21H25N3O3S. The molecule has 0 spiro atoms. The molecule has 0 heterocycles. The zero-order valence-electron chi connectivity index (χ0n) is 16.5. The van der Waals surface area contributed by atoms with Crippen molar-refractivity contribution in [2.24, 2.45) is 5.92 Å². The molecule has 1 amide bonds. The first kappa shape index (κ1) is 21.5. The molecule has 2 N–H and O–H groups in total. The first-order valence-electron chi connectivity index (χ1n) is 9.13. The number of aryl methyl sites for hydroxylation is 1. The van der Waals surface area contributed by atoms with E-state index < -0.39 is 10.8 Å². The van der Waals surface area contributed by atoms with Crippen molar-refractivity contribution >= 4 is 34.6 Å². The molecule has 148 valence electrons. The Morgan fingerprint density at radius 2 is 1.79 bits per heavy atom. The second-order valence-corrected chi connectivity index (χ2v) is 7.69. The lowest BCUT2D eigenvalue weighted by Gasteiger charge is -2.15. The zero-order valence-corrected chi connectivity index (χ0v) is 17.3. The van der Waals surface area contributed by atoms with Crippen LogP contribution in [-0.4, -0.2) is 15.9 Å². The summed E-state index contributed by atoms with van der Waals surface area (Å²) in [6.07, 6.45) is 0.990. The summed E-state index contributed by atoms with van der Waals surface area (Å²) < 4.78 is 0. The molecule has 28 heavy (non-hydrogen) atoms. The summed E-state index contributed by atoms with van der Waals surface area (Å²) in [4.78, 5) is 23.2. The maximum Gasteiger partial charge on any atom is 0.292 e. The Kier molecular flexibility index (Phi) is 7.23. The van der Waals surface area contributed by atoms with Crippen LogP contribution in [0.3, 0.4) is 0 Å². The van der Waals surface area contributed by atoms with Crippen LogP contribution in [-0.2, 0) is 11.2 Å². The van der Waals surface area contributed by atoms with Gasteiger partial charge in [-0.3, -0.25) is 14.9 Å². The second-order valence-electron chi connectivity index (χ2n) is 7.28. The van der Waals surface area contributed by atoms with E-state index in [0.29, 0.717) is 5.92 Å². The van der Waals surface area contributed by atoms with E-state index in [2.05, 4.69) is 24.5 Å². The summed E-state index contributed by atoms with van der Waals surface area (Å²) in [5, 5.41) is 16.6. The zero-order chi connectivity index (χ0) is 20.8. The minimum Gasteiger partial charge on any atom is -0.327 e. The van der Waals surface area contributed by atoms with Gasteiger partial charge in [0.05, 0.1) is 10.8 Å². The highest BCUT2D eigenvalue weighted by Crippen LogP contribution is 2.25. The largest absolute Gasteiger partial charge is 0.327 e. The molecule has 0 aromatic heterocycles. The molecule has 2 aromatic rings. The van der Waals surface area contributed by atoms with Gasteiger partial charge in [0.1, 0.15) is 5.69 Å². The van der Waals surface area contributed by atoms with E-state index in [1.807, 2.05) is 24.3 Å². The highest BCUT2D eigenvalue weighted by Gasteiger charge is 2.19. The van der Waals surface area contributed by atoms with Crippen LogP contribution in [0.15, 0.2) is 42.5 Å². The van der Waals surface area contributed by atoms with Crippen LogP contribution in [0.1, 0.15) is 43.4 Å². The Morgan fingerprint density at radius 1 is 1.14 bits per heavy atom. The molecule has 7 heteroatoms. The number of amides is 1. The van der Waals surface area contributed by atoms with Crippen LogP contribution in [0, 0.1) is 23.0 Å². The Balaban J connectivity index is 2.02. The highest BCUT2D eigenvalue weighted by molar-refractivity contribution is 7.80. The number of carbonyl (C=O) groups excluding carboxylic acids is 1. The minimum atomic E-state index is -0.485. The molecule has 2 rings (SSSR count). The molecule has 0 aliphatic rings. The molecule has 0 aliphatic heterocycles. The van der Waals surface area contributed by atoms with Gasteiger partial charge < -0.3 is 10.6 Å². The van der Waals surface area contributed by atoms with E-state index in [1.165, 1.54) is 11.6 Å². The van der Waals surface area contributed by atoms with E-state index in [0.717, 1.165) is 17.5 Å². The number of carbonyl (C=O) groups is 1. The number of anilines is 1. The first-order chi connectivity index (χ1) is 13.2. The maximum atomic E-state index is 12.5. The van der Waals surface area contributed by atoms with Gasteiger partial charge in [-0.2, -0.15) is 0 Å². The van der Waals surface area contributed by atoms with Gasteiger partial charge in [0.25, 0.3) is 5.69 Å². The van der Waals surface area contributed by atoms with Gasteiger partial charge in [-0.15, -0.1) is 0 Å². The van der Waals surface area contributed by atoms with Crippen molar-refractivity contribution < 1.29 is 9.72 Å². The average Bonchev–Trinajstić information content (AvgIpc) is 2.62. The molecule has 0 radical (unpaired) electrons. The number of nitrogens with one attached hydrogen (secondary N) is 2. The Labute approximate surface area is 170 Å². The van der Waals surface area contributed by atoms with Gasteiger partial charge in [0.2, 0.25) is 5.91 Å². The SMILES string of the molecule is Cc1ccc(NC(=S)NC(=O)C(C)c2ccc(CC(C)C)cc2)c([N+](=O)[O-])c1. The van der Waals surface area contributed by atoms with Crippen LogP contribution in [0.2, 0.25) is 0 Å². The number of benzene rings is 2. The van der Waals surface area contributed by atoms with Crippen molar-refractivity contribution in [1.82, 2.24) is 5.32 Å². The number of hydrogen-bond donors (Lipinski definition) is 2. The lowest BCUT2D eigenvalue weighted by atomic mass is 9.96. The summed E-state index contributed by atoms with van der Waals surface area (Å²) in [5.74, 6) is -0.106. The third kappa shape index (κ3) is 5.85. The summed E-state index contributed by atoms with van der Waals surface area (Å²) in [6, 6.07) is 12.7. The molecule has 6 nitrogen and oxygen atoms in total. The molecule has 0 aliphatic carbocycles. The van der Waals surface area contributed by atoms with Crippen molar-refractivity contribution in [2.45, 2.75) is 40.0 Å². The van der Waals surface area contributed by atoms with Crippen LogP contribution in [0.25, 0.3) is 0 Å². The van der Waals surface area contributed by atoms with Crippen molar-refractivity contribution in [1.29, 1.82) is 0 Å².